The van der Waals surface area contributed by atoms with E-state index in [-0.39, 0.29) is 6.73 Å². The molecule has 1 aliphatic rings. The van der Waals surface area contributed by atoms with Gasteiger partial charge in [0, 0.05) is 17.9 Å². The van der Waals surface area contributed by atoms with Crippen LogP contribution in [0.2, 0.25) is 0 Å². The standard InChI is InChI=1S/C13H10NO4S/c15-19-17-13-8-4-2-6-11(13)10-5-1-3-7-12(10)16-9-14-18-19/h1-8H,9H2/q-1. The van der Waals surface area contributed by atoms with E-state index in [1.807, 2.05) is 36.4 Å². The molecule has 5 nitrogen and oxygen atoms in total. The molecule has 0 aromatic heterocycles. The summed E-state index contributed by atoms with van der Waals surface area (Å²) in [5.74, 6) is 1.12. The highest BCUT2D eigenvalue weighted by Gasteiger charge is 2.13. The van der Waals surface area contributed by atoms with E-state index in [4.69, 9.17) is 8.92 Å². The predicted molar refractivity (Wildman–Crippen MR) is 70.6 cm³/mol. The molecule has 1 unspecified atom stereocenters. The molecule has 0 bridgehead atoms. The van der Waals surface area contributed by atoms with Crippen molar-refractivity contribution >= 4 is 11.4 Å². The van der Waals surface area contributed by atoms with Crippen molar-refractivity contribution in [3.05, 3.63) is 54.0 Å². The van der Waals surface area contributed by atoms with Crippen LogP contribution in [0.3, 0.4) is 0 Å². The molecule has 6 heteroatoms. The Morgan fingerprint density at radius 1 is 0.947 bits per heavy atom. The largest absolute Gasteiger partial charge is 0.513 e. The Kier molecular flexibility index (Phi) is 3.45. The number of ether oxygens (including phenoxy) is 1. The number of hydrogen-bond acceptors (Lipinski definition) is 4. The second kappa shape index (κ2) is 5.40. The van der Waals surface area contributed by atoms with E-state index in [2.05, 4.69) is 9.76 Å². The van der Waals surface area contributed by atoms with Crippen molar-refractivity contribution in [3.8, 4) is 22.6 Å². The molecule has 0 N–H and O–H groups in total. The maximum Gasteiger partial charge on any atom is 0.342 e. The highest BCUT2D eigenvalue weighted by molar-refractivity contribution is 7.75. The van der Waals surface area contributed by atoms with Gasteiger partial charge in [-0.05, 0) is 12.1 Å². The number of rotatable bonds is 0. The maximum atomic E-state index is 11.5. The first-order valence-corrected chi connectivity index (χ1v) is 6.60. The van der Waals surface area contributed by atoms with Crippen molar-refractivity contribution in [2.45, 2.75) is 0 Å². The summed E-state index contributed by atoms with van der Waals surface area (Å²) < 4.78 is 26.9. The molecule has 19 heavy (non-hydrogen) atoms. The van der Waals surface area contributed by atoms with Crippen LogP contribution in [0, 0.1) is 0 Å². The Hall–Kier alpha value is -1.89. The molecule has 0 amide bonds. The smallest absolute Gasteiger partial charge is 0.342 e. The maximum absolute atomic E-state index is 11.5. The molecule has 98 valence electrons. The zero-order valence-corrected chi connectivity index (χ0v) is 10.6. The first-order chi connectivity index (χ1) is 9.34. The average molecular weight is 276 g/mol. The third-order valence-electron chi connectivity index (χ3n) is 2.61. The van der Waals surface area contributed by atoms with Crippen LogP contribution >= 0.6 is 0 Å². The fourth-order valence-electron chi connectivity index (χ4n) is 1.83. The number of nitrogens with zero attached hydrogens (tertiary/aromatic N) is 1. The summed E-state index contributed by atoms with van der Waals surface area (Å²) in [4.78, 5) is 0. The molecule has 0 saturated carbocycles. The van der Waals surface area contributed by atoms with Crippen molar-refractivity contribution in [2.24, 2.45) is 0 Å². The van der Waals surface area contributed by atoms with Crippen LogP contribution in [0.5, 0.6) is 11.5 Å². The Morgan fingerprint density at radius 3 is 2.37 bits per heavy atom. The average Bonchev–Trinajstić information content (AvgIpc) is 2.45. The minimum absolute atomic E-state index is 0.0473. The van der Waals surface area contributed by atoms with Gasteiger partial charge in [0.1, 0.15) is 5.75 Å². The minimum Gasteiger partial charge on any atom is -0.513 e. The Balaban J connectivity index is 2.14. The summed E-state index contributed by atoms with van der Waals surface area (Å²) in [7, 11) is 0. The van der Waals surface area contributed by atoms with Gasteiger partial charge >= 0.3 is 11.4 Å². The molecule has 3 rings (SSSR count). The topological polar surface area (TPSA) is 58.9 Å². The molecular weight excluding hydrogens is 266 g/mol. The van der Waals surface area contributed by atoms with Crippen LogP contribution in [0.4, 0.5) is 0 Å². The van der Waals surface area contributed by atoms with Crippen LogP contribution in [-0.2, 0) is 15.6 Å². The molecular formula is C13H10NO4S-. The quantitative estimate of drug-likeness (QED) is 0.742. The highest BCUT2D eigenvalue weighted by Crippen LogP contribution is 2.37. The number of fused-ring (bicyclic) bond motifs is 3. The summed E-state index contributed by atoms with van der Waals surface area (Å²) >= 11 is -1.97. The molecule has 0 radical (unpaired) electrons. The zero-order valence-electron chi connectivity index (χ0n) is 9.81. The van der Waals surface area contributed by atoms with Crippen molar-refractivity contribution in [3.63, 3.8) is 0 Å². The lowest BCUT2D eigenvalue weighted by Gasteiger charge is -2.23. The molecule has 0 aliphatic carbocycles. The number of hydrogen-bond donors (Lipinski definition) is 0. The third-order valence-corrected chi connectivity index (χ3v) is 3.15. The first-order valence-electron chi connectivity index (χ1n) is 5.60. The molecule has 1 atom stereocenters. The second-order valence-corrected chi connectivity index (χ2v) is 4.48. The van der Waals surface area contributed by atoms with Gasteiger partial charge in [0.2, 0.25) is 0 Å². The lowest BCUT2D eigenvalue weighted by Crippen LogP contribution is -2.08. The Bertz CT molecular complexity index is 617. The molecule has 1 heterocycles. The third kappa shape index (κ3) is 2.60. The van der Waals surface area contributed by atoms with E-state index in [1.165, 1.54) is 0 Å². The Morgan fingerprint density at radius 2 is 1.58 bits per heavy atom. The lowest BCUT2D eigenvalue weighted by molar-refractivity contribution is 0.280. The van der Waals surface area contributed by atoms with Gasteiger partial charge in [-0.15, -0.1) is 0 Å². The van der Waals surface area contributed by atoms with Gasteiger partial charge in [0.05, 0.1) is 0 Å². The van der Waals surface area contributed by atoms with Crippen LogP contribution in [-0.4, -0.2) is 10.9 Å². The molecule has 1 aliphatic heterocycles. The summed E-state index contributed by atoms with van der Waals surface area (Å²) in [5, 5.41) is 0. The molecule has 2 aromatic rings. The normalized spacial score (nSPS) is 18.4. The van der Waals surface area contributed by atoms with E-state index in [0.29, 0.717) is 11.5 Å². The van der Waals surface area contributed by atoms with Crippen molar-refractivity contribution in [2.75, 3.05) is 6.73 Å². The number of benzene rings is 2. The fraction of sp³-hybridized carbons (Fsp3) is 0.0769. The minimum atomic E-state index is -1.97. The summed E-state index contributed by atoms with van der Waals surface area (Å²) in [6, 6.07) is 14.8. The van der Waals surface area contributed by atoms with Gasteiger partial charge < -0.3 is 18.7 Å². The van der Waals surface area contributed by atoms with E-state index < -0.39 is 11.4 Å². The summed E-state index contributed by atoms with van der Waals surface area (Å²) in [6.07, 6.45) is 0. The van der Waals surface area contributed by atoms with Gasteiger partial charge in [0.25, 0.3) is 0 Å². The lowest BCUT2D eigenvalue weighted by atomic mass is 10.0. The van der Waals surface area contributed by atoms with Gasteiger partial charge in [-0.2, -0.15) is 4.21 Å². The van der Waals surface area contributed by atoms with Crippen LogP contribution in [0.25, 0.3) is 16.6 Å². The SMILES string of the molecule is O=S1O[N-]COc2ccccc2-c2ccccc2O1. The predicted octanol–water partition coefficient (Wildman–Crippen LogP) is 2.97. The van der Waals surface area contributed by atoms with Gasteiger partial charge in [0.15, 0.2) is 5.75 Å². The monoisotopic (exact) mass is 276 g/mol. The van der Waals surface area contributed by atoms with E-state index in [0.717, 1.165) is 11.1 Å². The first kappa shape index (κ1) is 12.2. The molecule has 0 saturated heterocycles. The van der Waals surface area contributed by atoms with Crippen molar-refractivity contribution < 1.29 is 17.4 Å². The molecule has 0 spiro atoms. The summed E-state index contributed by atoms with van der Waals surface area (Å²) in [5.41, 5.74) is 5.18. The van der Waals surface area contributed by atoms with E-state index in [9.17, 15) is 4.21 Å². The fourth-order valence-corrected chi connectivity index (χ4v) is 2.28. The molecule has 2 aromatic carbocycles. The highest BCUT2D eigenvalue weighted by atomic mass is 32.2. The van der Waals surface area contributed by atoms with Crippen LogP contribution < -0.4 is 8.92 Å². The van der Waals surface area contributed by atoms with Crippen molar-refractivity contribution in [1.29, 1.82) is 0 Å². The van der Waals surface area contributed by atoms with Crippen LogP contribution in [0.1, 0.15) is 0 Å². The van der Waals surface area contributed by atoms with Gasteiger partial charge in [-0.3, -0.25) is 0 Å². The zero-order chi connectivity index (χ0) is 13.1. The van der Waals surface area contributed by atoms with Crippen LogP contribution in [0.15, 0.2) is 48.5 Å². The van der Waals surface area contributed by atoms with E-state index >= 15 is 0 Å². The van der Waals surface area contributed by atoms with Gasteiger partial charge in [-0.1, -0.05) is 36.4 Å². The number of hydroxylamine groups is 1. The summed E-state index contributed by atoms with van der Waals surface area (Å²) in [6.45, 7) is -0.0473. The second-order valence-electron chi connectivity index (χ2n) is 3.76. The van der Waals surface area contributed by atoms with E-state index in [1.54, 1.807) is 12.1 Å². The molecule has 0 fully saturated rings. The number of para-hydroxylation sites is 2. The Labute approximate surface area is 112 Å². The van der Waals surface area contributed by atoms with Gasteiger partial charge in [-0.25, -0.2) is 0 Å². The van der Waals surface area contributed by atoms with Crippen molar-refractivity contribution in [1.82, 2.24) is 0 Å².